The number of anilines is 1. The molecule has 0 fully saturated rings. The van der Waals surface area contributed by atoms with E-state index in [1.165, 1.54) is 4.57 Å². The molecule has 0 saturated carbocycles. The SMILES string of the molecule is Cn1c(=O)[nH]c2cc(NC(=O)c3ccccn3)ccc21. The summed E-state index contributed by atoms with van der Waals surface area (Å²) < 4.78 is 1.51. The first kappa shape index (κ1) is 12.2. The molecule has 0 aliphatic heterocycles. The van der Waals surface area contributed by atoms with E-state index in [2.05, 4.69) is 15.3 Å². The number of H-pyrrole nitrogens is 1. The molecule has 0 aliphatic carbocycles. The highest BCUT2D eigenvalue weighted by atomic mass is 16.2. The summed E-state index contributed by atoms with van der Waals surface area (Å²) in [5.41, 5.74) is 2.22. The van der Waals surface area contributed by atoms with Crippen LogP contribution in [0.5, 0.6) is 0 Å². The van der Waals surface area contributed by atoms with Gasteiger partial charge in [0.25, 0.3) is 5.91 Å². The molecular weight excluding hydrogens is 256 g/mol. The maximum atomic E-state index is 12.0. The molecule has 2 heterocycles. The van der Waals surface area contributed by atoms with Gasteiger partial charge in [0.15, 0.2) is 0 Å². The van der Waals surface area contributed by atoms with E-state index in [0.29, 0.717) is 16.9 Å². The first-order valence-corrected chi connectivity index (χ1v) is 6.06. The van der Waals surface area contributed by atoms with Crippen molar-refractivity contribution in [3.05, 3.63) is 58.8 Å². The lowest BCUT2D eigenvalue weighted by Gasteiger charge is -2.04. The lowest BCUT2D eigenvalue weighted by Crippen LogP contribution is -2.13. The monoisotopic (exact) mass is 268 g/mol. The smallest absolute Gasteiger partial charge is 0.321 e. The summed E-state index contributed by atoms with van der Waals surface area (Å²) in [4.78, 5) is 30.2. The zero-order chi connectivity index (χ0) is 14.1. The molecule has 1 aromatic carbocycles. The Kier molecular flexibility index (Phi) is 2.83. The lowest BCUT2D eigenvalue weighted by molar-refractivity contribution is 0.102. The van der Waals surface area contributed by atoms with E-state index in [9.17, 15) is 9.59 Å². The predicted octanol–water partition coefficient (Wildman–Crippen LogP) is 1.51. The van der Waals surface area contributed by atoms with Crippen LogP contribution in [0, 0.1) is 0 Å². The first-order valence-electron chi connectivity index (χ1n) is 6.06. The lowest BCUT2D eigenvalue weighted by atomic mass is 10.2. The molecule has 2 aromatic heterocycles. The highest BCUT2D eigenvalue weighted by Crippen LogP contribution is 2.16. The highest BCUT2D eigenvalue weighted by molar-refractivity contribution is 6.03. The van der Waals surface area contributed by atoms with E-state index < -0.39 is 0 Å². The van der Waals surface area contributed by atoms with Crippen LogP contribution < -0.4 is 11.0 Å². The van der Waals surface area contributed by atoms with Crippen molar-refractivity contribution in [1.82, 2.24) is 14.5 Å². The van der Waals surface area contributed by atoms with Gasteiger partial charge in [-0.2, -0.15) is 0 Å². The number of fused-ring (bicyclic) bond motifs is 1. The Morgan fingerprint density at radius 3 is 2.90 bits per heavy atom. The number of hydrogen-bond donors (Lipinski definition) is 2. The van der Waals surface area contributed by atoms with Crippen molar-refractivity contribution in [3.63, 3.8) is 0 Å². The Morgan fingerprint density at radius 1 is 1.30 bits per heavy atom. The number of imidazole rings is 1. The van der Waals surface area contributed by atoms with Crippen molar-refractivity contribution >= 4 is 22.6 Å². The maximum absolute atomic E-state index is 12.0. The van der Waals surface area contributed by atoms with Crippen LogP contribution in [0.1, 0.15) is 10.5 Å². The molecule has 6 nitrogen and oxygen atoms in total. The van der Waals surface area contributed by atoms with Gasteiger partial charge in [0.1, 0.15) is 5.69 Å². The number of aromatic amines is 1. The number of carbonyl (C=O) groups excluding carboxylic acids is 1. The molecule has 0 aliphatic rings. The van der Waals surface area contributed by atoms with Gasteiger partial charge >= 0.3 is 5.69 Å². The van der Waals surface area contributed by atoms with Crippen LogP contribution >= 0.6 is 0 Å². The molecule has 0 spiro atoms. The molecule has 1 amide bonds. The molecule has 0 radical (unpaired) electrons. The van der Waals surface area contributed by atoms with Gasteiger partial charge in [0.2, 0.25) is 0 Å². The minimum atomic E-state index is -0.289. The molecule has 0 saturated heterocycles. The number of aryl methyl sites for hydroxylation is 1. The van der Waals surface area contributed by atoms with Crippen molar-refractivity contribution in [1.29, 1.82) is 0 Å². The minimum absolute atomic E-state index is 0.187. The van der Waals surface area contributed by atoms with E-state index in [1.54, 1.807) is 49.6 Å². The van der Waals surface area contributed by atoms with Crippen LogP contribution in [0.2, 0.25) is 0 Å². The molecule has 6 heteroatoms. The van der Waals surface area contributed by atoms with Gasteiger partial charge in [0.05, 0.1) is 11.0 Å². The maximum Gasteiger partial charge on any atom is 0.326 e. The zero-order valence-corrected chi connectivity index (χ0v) is 10.8. The van der Waals surface area contributed by atoms with Crippen LogP contribution in [0.3, 0.4) is 0 Å². The van der Waals surface area contributed by atoms with E-state index in [-0.39, 0.29) is 11.6 Å². The van der Waals surface area contributed by atoms with E-state index >= 15 is 0 Å². The third-order valence-electron chi connectivity index (χ3n) is 3.06. The number of aromatic nitrogens is 3. The Bertz CT molecular complexity index is 833. The predicted molar refractivity (Wildman–Crippen MR) is 75.7 cm³/mol. The molecule has 20 heavy (non-hydrogen) atoms. The van der Waals surface area contributed by atoms with E-state index in [1.807, 2.05) is 0 Å². The summed E-state index contributed by atoms with van der Waals surface area (Å²) in [6.45, 7) is 0. The van der Waals surface area contributed by atoms with Gasteiger partial charge in [-0.3, -0.25) is 14.3 Å². The van der Waals surface area contributed by atoms with Crippen LogP contribution in [0.15, 0.2) is 47.4 Å². The minimum Gasteiger partial charge on any atom is -0.321 e. The summed E-state index contributed by atoms with van der Waals surface area (Å²) in [6, 6.07) is 10.4. The summed E-state index contributed by atoms with van der Waals surface area (Å²) in [5.74, 6) is -0.289. The highest BCUT2D eigenvalue weighted by Gasteiger charge is 2.08. The Hall–Kier alpha value is -2.89. The van der Waals surface area contributed by atoms with Crippen LogP contribution in [-0.2, 0) is 7.05 Å². The standard InChI is InChI=1S/C14H12N4O2/c1-18-12-6-5-9(8-11(12)17-14(18)20)16-13(19)10-4-2-3-7-15-10/h2-8H,1H3,(H,16,19)(H,17,20). The quantitative estimate of drug-likeness (QED) is 0.739. The Balaban J connectivity index is 1.92. The number of benzene rings is 1. The summed E-state index contributed by atoms with van der Waals surface area (Å²) >= 11 is 0. The van der Waals surface area contributed by atoms with Crippen LogP contribution in [0.25, 0.3) is 11.0 Å². The number of rotatable bonds is 2. The molecule has 0 atom stereocenters. The Morgan fingerprint density at radius 2 is 2.15 bits per heavy atom. The molecule has 0 bridgehead atoms. The fraction of sp³-hybridized carbons (Fsp3) is 0.0714. The zero-order valence-electron chi connectivity index (χ0n) is 10.8. The van der Waals surface area contributed by atoms with Crippen molar-refractivity contribution in [2.45, 2.75) is 0 Å². The number of pyridine rings is 1. The van der Waals surface area contributed by atoms with E-state index in [4.69, 9.17) is 0 Å². The van der Waals surface area contributed by atoms with Crippen LogP contribution in [0.4, 0.5) is 5.69 Å². The number of nitrogens with zero attached hydrogens (tertiary/aromatic N) is 2. The van der Waals surface area contributed by atoms with Gasteiger partial charge in [-0.25, -0.2) is 4.79 Å². The molecule has 100 valence electrons. The number of hydrogen-bond acceptors (Lipinski definition) is 3. The summed E-state index contributed by atoms with van der Waals surface area (Å²) in [7, 11) is 1.69. The fourth-order valence-corrected chi connectivity index (χ4v) is 2.01. The average molecular weight is 268 g/mol. The van der Waals surface area contributed by atoms with Gasteiger partial charge in [-0.1, -0.05) is 6.07 Å². The number of nitrogens with one attached hydrogen (secondary N) is 2. The Labute approximate surface area is 114 Å². The normalized spacial score (nSPS) is 10.7. The van der Waals surface area contributed by atoms with Gasteiger partial charge in [-0.05, 0) is 30.3 Å². The van der Waals surface area contributed by atoms with Crippen molar-refractivity contribution in [2.75, 3.05) is 5.32 Å². The van der Waals surface area contributed by atoms with Crippen molar-refractivity contribution in [2.24, 2.45) is 7.05 Å². The number of carbonyl (C=O) groups is 1. The van der Waals surface area contributed by atoms with Gasteiger partial charge in [0, 0.05) is 18.9 Å². The molecule has 3 aromatic rings. The second-order valence-corrected chi connectivity index (χ2v) is 4.39. The number of amides is 1. The third kappa shape index (κ3) is 2.07. The van der Waals surface area contributed by atoms with Crippen LogP contribution in [-0.4, -0.2) is 20.4 Å². The molecule has 3 rings (SSSR count). The largest absolute Gasteiger partial charge is 0.326 e. The van der Waals surface area contributed by atoms with E-state index in [0.717, 1.165) is 5.52 Å². The molecule has 2 N–H and O–H groups in total. The van der Waals surface area contributed by atoms with Gasteiger partial charge in [-0.15, -0.1) is 0 Å². The third-order valence-corrected chi connectivity index (χ3v) is 3.06. The van der Waals surface area contributed by atoms with Crippen molar-refractivity contribution < 1.29 is 4.79 Å². The first-order chi connectivity index (χ1) is 9.65. The second kappa shape index (κ2) is 4.65. The summed E-state index contributed by atoms with van der Waals surface area (Å²) in [5, 5.41) is 2.75. The fourth-order valence-electron chi connectivity index (χ4n) is 2.01. The molecular formula is C14H12N4O2. The van der Waals surface area contributed by atoms with Gasteiger partial charge < -0.3 is 10.3 Å². The van der Waals surface area contributed by atoms with Crippen molar-refractivity contribution in [3.8, 4) is 0 Å². The topological polar surface area (TPSA) is 79.8 Å². The molecule has 0 unspecified atom stereocenters. The summed E-state index contributed by atoms with van der Waals surface area (Å²) in [6.07, 6.45) is 1.56. The second-order valence-electron chi connectivity index (χ2n) is 4.39. The average Bonchev–Trinajstić information content (AvgIpc) is 2.74.